The second-order valence-corrected chi connectivity index (χ2v) is 4.80. The Bertz CT molecular complexity index is 383. The standard InChI is InChI=1S/C13H20N2O2/c1-2-11-9-13(16,5-7-17-11)8-10-4-3-6-15-12(10)14/h3-4,6,11,16H,2,5,7-9H2,1H3,(H2,14,15). The van der Waals surface area contributed by atoms with Gasteiger partial charge in [0.25, 0.3) is 0 Å². The first-order valence-corrected chi connectivity index (χ1v) is 6.16. The van der Waals surface area contributed by atoms with E-state index in [4.69, 9.17) is 10.5 Å². The van der Waals surface area contributed by atoms with Crippen molar-refractivity contribution in [3.63, 3.8) is 0 Å². The number of nitrogen functional groups attached to an aromatic ring is 1. The van der Waals surface area contributed by atoms with E-state index in [2.05, 4.69) is 11.9 Å². The van der Waals surface area contributed by atoms with E-state index in [-0.39, 0.29) is 6.10 Å². The van der Waals surface area contributed by atoms with E-state index in [0.29, 0.717) is 31.7 Å². The number of ether oxygens (including phenoxy) is 1. The molecule has 2 rings (SSSR count). The number of pyridine rings is 1. The molecule has 1 saturated heterocycles. The van der Waals surface area contributed by atoms with Gasteiger partial charge in [0.1, 0.15) is 5.82 Å². The van der Waals surface area contributed by atoms with Crippen LogP contribution in [0.5, 0.6) is 0 Å². The van der Waals surface area contributed by atoms with Crippen LogP contribution in [0, 0.1) is 0 Å². The Hall–Kier alpha value is -1.13. The molecule has 2 unspecified atom stereocenters. The van der Waals surface area contributed by atoms with Crippen molar-refractivity contribution in [3.8, 4) is 0 Å². The summed E-state index contributed by atoms with van der Waals surface area (Å²) in [6.07, 6.45) is 4.67. The lowest BCUT2D eigenvalue weighted by atomic mass is 9.84. The maximum atomic E-state index is 10.6. The molecule has 17 heavy (non-hydrogen) atoms. The molecule has 0 radical (unpaired) electrons. The summed E-state index contributed by atoms with van der Waals surface area (Å²) in [5, 5.41) is 10.6. The first-order valence-electron chi connectivity index (χ1n) is 6.16. The zero-order valence-corrected chi connectivity index (χ0v) is 10.2. The van der Waals surface area contributed by atoms with Gasteiger partial charge in [-0.1, -0.05) is 13.0 Å². The zero-order chi connectivity index (χ0) is 12.3. The van der Waals surface area contributed by atoms with Gasteiger partial charge in [-0.2, -0.15) is 0 Å². The van der Waals surface area contributed by atoms with E-state index in [0.717, 1.165) is 12.0 Å². The molecule has 1 aliphatic rings. The highest BCUT2D eigenvalue weighted by Gasteiger charge is 2.34. The summed E-state index contributed by atoms with van der Waals surface area (Å²) < 4.78 is 5.58. The molecule has 0 spiro atoms. The van der Waals surface area contributed by atoms with Gasteiger partial charge < -0.3 is 15.6 Å². The first-order chi connectivity index (χ1) is 8.13. The highest BCUT2D eigenvalue weighted by atomic mass is 16.5. The van der Waals surface area contributed by atoms with Crippen LogP contribution >= 0.6 is 0 Å². The Kier molecular flexibility index (Phi) is 3.64. The molecule has 1 aliphatic heterocycles. The third-order valence-electron chi connectivity index (χ3n) is 3.43. The first kappa shape index (κ1) is 12.3. The summed E-state index contributed by atoms with van der Waals surface area (Å²) in [6.45, 7) is 2.70. The molecular weight excluding hydrogens is 216 g/mol. The Balaban J connectivity index is 2.09. The molecule has 2 atom stereocenters. The Morgan fingerprint density at radius 1 is 1.65 bits per heavy atom. The van der Waals surface area contributed by atoms with Crippen LogP contribution in [0.4, 0.5) is 5.82 Å². The van der Waals surface area contributed by atoms with Gasteiger partial charge in [-0.05, 0) is 24.5 Å². The molecule has 94 valence electrons. The van der Waals surface area contributed by atoms with Crippen molar-refractivity contribution in [1.29, 1.82) is 0 Å². The minimum Gasteiger partial charge on any atom is -0.389 e. The van der Waals surface area contributed by atoms with Crippen molar-refractivity contribution in [2.45, 2.75) is 44.3 Å². The highest BCUT2D eigenvalue weighted by molar-refractivity contribution is 5.39. The average molecular weight is 236 g/mol. The fourth-order valence-corrected chi connectivity index (χ4v) is 2.38. The van der Waals surface area contributed by atoms with Crippen LogP contribution in [0.25, 0.3) is 0 Å². The molecule has 0 aliphatic carbocycles. The van der Waals surface area contributed by atoms with Gasteiger partial charge in [0.05, 0.1) is 11.7 Å². The quantitative estimate of drug-likeness (QED) is 0.835. The summed E-state index contributed by atoms with van der Waals surface area (Å²) in [5.41, 5.74) is 6.03. The van der Waals surface area contributed by atoms with Gasteiger partial charge in [-0.3, -0.25) is 0 Å². The molecule has 1 fully saturated rings. The summed E-state index contributed by atoms with van der Waals surface area (Å²) in [6, 6.07) is 3.78. The highest BCUT2D eigenvalue weighted by Crippen LogP contribution is 2.30. The van der Waals surface area contributed by atoms with Crippen LogP contribution in [-0.2, 0) is 11.2 Å². The van der Waals surface area contributed by atoms with Crippen LogP contribution in [0.3, 0.4) is 0 Å². The smallest absolute Gasteiger partial charge is 0.126 e. The molecule has 4 nitrogen and oxygen atoms in total. The lowest BCUT2D eigenvalue weighted by Gasteiger charge is -2.36. The van der Waals surface area contributed by atoms with Gasteiger partial charge in [0.2, 0.25) is 0 Å². The molecule has 4 heteroatoms. The zero-order valence-electron chi connectivity index (χ0n) is 10.2. The van der Waals surface area contributed by atoms with E-state index >= 15 is 0 Å². The monoisotopic (exact) mass is 236 g/mol. The van der Waals surface area contributed by atoms with Gasteiger partial charge in [0, 0.05) is 25.6 Å². The van der Waals surface area contributed by atoms with Crippen LogP contribution in [0.2, 0.25) is 0 Å². The molecule has 2 heterocycles. The minimum absolute atomic E-state index is 0.159. The van der Waals surface area contributed by atoms with Gasteiger partial charge in [-0.25, -0.2) is 4.98 Å². The molecule has 3 N–H and O–H groups in total. The third kappa shape index (κ3) is 2.96. The third-order valence-corrected chi connectivity index (χ3v) is 3.43. The van der Waals surface area contributed by atoms with Gasteiger partial charge in [0.15, 0.2) is 0 Å². The molecule has 0 aromatic carbocycles. The molecule has 1 aromatic heterocycles. The summed E-state index contributed by atoms with van der Waals surface area (Å²) in [5.74, 6) is 0.514. The van der Waals surface area contributed by atoms with Crippen LogP contribution in [0.15, 0.2) is 18.3 Å². The van der Waals surface area contributed by atoms with Gasteiger partial charge in [-0.15, -0.1) is 0 Å². The van der Waals surface area contributed by atoms with E-state index < -0.39 is 5.60 Å². The van der Waals surface area contributed by atoms with Crippen LogP contribution in [-0.4, -0.2) is 28.4 Å². The number of anilines is 1. The van der Waals surface area contributed by atoms with Crippen molar-refractivity contribution in [2.24, 2.45) is 0 Å². The van der Waals surface area contributed by atoms with Crippen molar-refractivity contribution in [1.82, 2.24) is 4.98 Å². The largest absolute Gasteiger partial charge is 0.389 e. The second-order valence-electron chi connectivity index (χ2n) is 4.80. The number of rotatable bonds is 3. The molecular formula is C13H20N2O2. The van der Waals surface area contributed by atoms with E-state index in [9.17, 15) is 5.11 Å². The topological polar surface area (TPSA) is 68.4 Å². The van der Waals surface area contributed by atoms with E-state index in [1.54, 1.807) is 6.20 Å². The fourth-order valence-electron chi connectivity index (χ4n) is 2.38. The van der Waals surface area contributed by atoms with Crippen molar-refractivity contribution >= 4 is 5.82 Å². The van der Waals surface area contributed by atoms with Crippen molar-refractivity contribution in [3.05, 3.63) is 23.9 Å². The normalized spacial score (nSPS) is 29.2. The molecule has 0 saturated carbocycles. The second kappa shape index (κ2) is 5.02. The number of nitrogens with two attached hydrogens (primary N) is 1. The fraction of sp³-hybridized carbons (Fsp3) is 0.615. The minimum atomic E-state index is -0.698. The molecule has 1 aromatic rings. The maximum Gasteiger partial charge on any atom is 0.126 e. The summed E-state index contributed by atoms with van der Waals surface area (Å²) in [7, 11) is 0. The number of aromatic nitrogens is 1. The number of nitrogens with zero attached hydrogens (tertiary/aromatic N) is 1. The number of aliphatic hydroxyl groups is 1. The molecule has 0 amide bonds. The van der Waals surface area contributed by atoms with Crippen LogP contribution in [0.1, 0.15) is 31.7 Å². The SMILES string of the molecule is CCC1CC(O)(Cc2cccnc2N)CCO1. The maximum absolute atomic E-state index is 10.6. The predicted octanol–water partition coefficient (Wildman–Crippen LogP) is 1.53. The Labute approximate surface area is 102 Å². The lowest BCUT2D eigenvalue weighted by Crippen LogP contribution is -2.42. The average Bonchev–Trinajstić information content (AvgIpc) is 2.32. The predicted molar refractivity (Wildman–Crippen MR) is 66.6 cm³/mol. The van der Waals surface area contributed by atoms with Crippen molar-refractivity contribution in [2.75, 3.05) is 12.3 Å². The lowest BCUT2D eigenvalue weighted by molar-refractivity contribution is -0.103. The van der Waals surface area contributed by atoms with Gasteiger partial charge >= 0.3 is 0 Å². The molecule has 0 bridgehead atoms. The summed E-state index contributed by atoms with van der Waals surface area (Å²) >= 11 is 0. The number of hydrogen-bond donors (Lipinski definition) is 2. The summed E-state index contributed by atoms with van der Waals surface area (Å²) in [4.78, 5) is 4.05. The van der Waals surface area contributed by atoms with E-state index in [1.807, 2.05) is 12.1 Å². The van der Waals surface area contributed by atoms with E-state index in [1.165, 1.54) is 0 Å². The van der Waals surface area contributed by atoms with Crippen molar-refractivity contribution < 1.29 is 9.84 Å². The Morgan fingerprint density at radius 2 is 2.47 bits per heavy atom. The number of hydrogen-bond acceptors (Lipinski definition) is 4. The Morgan fingerprint density at radius 3 is 3.18 bits per heavy atom. The van der Waals surface area contributed by atoms with Crippen LogP contribution < -0.4 is 5.73 Å².